The molecule has 1 aliphatic rings. The van der Waals surface area contributed by atoms with E-state index in [2.05, 4.69) is 19.9 Å². The molecule has 1 fully saturated rings. The molecule has 1 amide bonds. The van der Waals surface area contributed by atoms with Crippen molar-refractivity contribution in [2.75, 3.05) is 18.8 Å². The number of fused-ring (bicyclic) bond motifs is 2. The van der Waals surface area contributed by atoms with E-state index in [0.717, 1.165) is 41.4 Å². The first-order valence-electron chi connectivity index (χ1n) is 9.85. The number of carbonyl (C=O) groups excluding carboxylic acids is 1. The van der Waals surface area contributed by atoms with Gasteiger partial charge in [-0.15, -0.1) is 0 Å². The van der Waals surface area contributed by atoms with Gasteiger partial charge in [0, 0.05) is 42.9 Å². The molecular weight excluding hydrogens is 368 g/mol. The summed E-state index contributed by atoms with van der Waals surface area (Å²) in [6.45, 7) is 3.31. The third kappa shape index (κ3) is 2.89. The summed E-state index contributed by atoms with van der Waals surface area (Å²) in [6, 6.07) is 4.06. The van der Waals surface area contributed by atoms with E-state index in [4.69, 9.17) is 10.8 Å². The highest BCUT2D eigenvalue weighted by molar-refractivity contribution is 5.99. The minimum Gasteiger partial charge on any atom is -0.383 e. The smallest absolute Gasteiger partial charge is 0.222 e. The fourth-order valence-electron chi connectivity index (χ4n) is 4.13. The molecule has 5 rings (SSSR count). The molecule has 9 heteroatoms. The van der Waals surface area contributed by atoms with Crippen LogP contribution in [0, 0.1) is 0 Å². The molecular formula is C20H22N8O. The van der Waals surface area contributed by atoms with E-state index >= 15 is 0 Å². The van der Waals surface area contributed by atoms with Crippen molar-refractivity contribution in [3.05, 3.63) is 30.9 Å². The molecule has 4 aromatic rings. The van der Waals surface area contributed by atoms with E-state index in [1.807, 2.05) is 34.8 Å². The Balaban J connectivity index is 1.64. The van der Waals surface area contributed by atoms with Crippen molar-refractivity contribution < 1.29 is 4.79 Å². The van der Waals surface area contributed by atoms with Crippen molar-refractivity contribution in [1.82, 2.24) is 34.6 Å². The van der Waals surface area contributed by atoms with Crippen LogP contribution in [-0.4, -0.2) is 53.6 Å². The largest absolute Gasteiger partial charge is 0.383 e. The average Bonchev–Trinajstić information content (AvgIpc) is 3.38. The number of aromatic amines is 1. The number of piperidine rings is 1. The number of pyridine rings is 1. The molecule has 0 saturated carbocycles. The van der Waals surface area contributed by atoms with E-state index in [1.165, 1.54) is 6.33 Å². The van der Waals surface area contributed by atoms with Gasteiger partial charge in [-0.05, 0) is 25.0 Å². The lowest BCUT2D eigenvalue weighted by Crippen LogP contribution is -2.40. The summed E-state index contributed by atoms with van der Waals surface area (Å²) in [6.07, 6.45) is 7.48. The Bertz CT molecular complexity index is 1210. The Hall–Kier alpha value is -3.49. The van der Waals surface area contributed by atoms with Gasteiger partial charge in [0.25, 0.3) is 0 Å². The van der Waals surface area contributed by atoms with Crippen LogP contribution in [0.4, 0.5) is 5.82 Å². The van der Waals surface area contributed by atoms with Crippen LogP contribution in [-0.2, 0) is 4.79 Å². The number of hydrogen-bond acceptors (Lipinski definition) is 6. The van der Waals surface area contributed by atoms with Gasteiger partial charge in [0.15, 0.2) is 5.65 Å². The van der Waals surface area contributed by atoms with Crippen molar-refractivity contribution in [2.24, 2.45) is 0 Å². The van der Waals surface area contributed by atoms with Gasteiger partial charge in [-0.25, -0.2) is 19.6 Å². The summed E-state index contributed by atoms with van der Waals surface area (Å²) in [4.78, 5) is 30.4. The van der Waals surface area contributed by atoms with E-state index in [-0.39, 0.29) is 11.9 Å². The van der Waals surface area contributed by atoms with Crippen LogP contribution in [0.1, 0.15) is 32.2 Å². The Morgan fingerprint density at radius 2 is 2.24 bits per heavy atom. The number of aromatic nitrogens is 6. The molecule has 1 saturated heterocycles. The number of nitrogens with one attached hydrogen (secondary N) is 1. The lowest BCUT2D eigenvalue weighted by atomic mass is 10.1. The number of nitrogens with zero attached hydrogens (tertiary/aromatic N) is 6. The number of nitrogens with two attached hydrogens (primary N) is 1. The van der Waals surface area contributed by atoms with Crippen LogP contribution in [0.5, 0.6) is 0 Å². The number of anilines is 1. The predicted octanol–water partition coefficient (Wildman–Crippen LogP) is 2.53. The van der Waals surface area contributed by atoms with E-state index in [0.29, 0.717) is 30.1 Å². The summed E-state index contributed by atoms with van der Waals surface area (Å²) in [5.41, 5.74) is 9.32. The van der Waals surface area contributed by atoms with Crippen LogP contribution >= 0.6 is 0 Å². The first-order chi connectivity index (χ1) is 14.2. The maximum absolute atomic E-state index is 12.2. The summed E-state index contributed by atoms with van der Waals surface area (Å²) >= 11 is 0. The molecule has 1 aliphatic heterocycles. The molecule has 9 nitrogen and oxygen atoms in total. The molecule has 0 radical (unpaired) electrons. The number of hydrogen-bond donors (Lipinski definition) is 2. The first-order valence-corrected chi connectivity index (χ1v) is 9.85. The lowest BCUT2D eigenvalue weighted by Gasteiger charge is -2.32. The molecule has 4 aromatic heterocycles. The van der Waals surface area contributed by atoms with E-state index in [9.17, 15) is 4.79 Å². The zero-order chi connectivity index (χ0) is 20.0. The van der Waals surface area contributed by atoms with Crippen LogP contribution < -0.4 is 5.73 Å². The van der Waals surface area contributed by atoms with Crippen molar-refractivity contribution in [3.63, 3.8) is 0 Å². The molecule has 1 atom stereocenters. The molecule has 0 aliphatic carbocycles. The normalized spacial score (nSPS) is 17.3. The fraction of sp³-hybridized carbons (Fsp3) is 0.350. The van der Waals surface area contributed by atoms with Crippen LogP contribution in [0.3, 0.4) is 0 Å². The molecule has 0 spiro atoms. The quantitative estimate of drug-likeness (QED) is 0.555. The summed E-state index contributed by atoms with van der Waals surface area (Å²) in [7, 11) is 0. The van der Waals surface area contributed by atoms with Crippen molar-refractivity contribution >= 4 is 33.8 Å². The van der Waals surface area contributed by atoms with Gasteiger partial charge in [0.05, 0.1) is 11.4 Å². The fourth-order valence-corrected chi connectivity index (χ4v) is 4.13. The lowest BCUT2D eigenvalue weighted by molar-refractivity contribution is -0.132. The Labute approximate surface area is 167 Å². The van der Waals surface area contributed by atoms with Gasteiger partial charge >= 0.3 is 0 Å². The standard InChI is InChI=1S/C20H22N8O/c1-2-15(29)27-7-3-4-14(10-27)28-20-16(18(21)24-11-25-20)17(26-28)13-8-12-5-6-22-19(12)23-9-13/h5-6,8-9,11,14H,2-4,7,10H2,1H3,(H,22,23)(H2,21,24,25)/t14-/m1/s1. The van der Waals surface area contributed by atoms with Gasteiger partial charge < -0.3 is 15.6 Å². The highest BCUT2D eigenvalue weighted by Gasteiger charge is 2.28. The minimum absolute atomic E-state index is 0.0498. The topological polar surface area (TPSA) is 119 Å². The van der Waals surface area contributed by atoms with Crippen LogP contribution in [0.15, 0.2) is 30.9 Å². The molecule has 29 heavy (non-hydrogen) atoms. The molecule has 5 heterocycles. The predicted molar refractivity (Wildman–Crippen MR) is 110 cm³/mol. The van der Waals surface area contributed by atoms with E-state index in [1.54, 1.807) is 6.20 Å². The minimum atomic E-state index is 0.0498. The van der Waals surface area contributed by atoms with Crippen molar-refractivity contribution in [3.8, 4) is 11.3 Å². The number of rotatable bonds is 3. The monoisotopic (exact) mass is 390 g/mol. The second-order valence-corrected chi connectivity index (χ2v) is 7.38. The zero-order valence-corrected chi connectivity index (χ0v) is 16.2. The Morgan fingerprint density at radius 1 is 1.34 bits per heavy atom. The number of carbonyl (C=O) groups is 1. The number of likely N-dealkylation sites (tertiary alicyclic amines) is 1. The maximum Gasteiger partial charge on any atom is 0.222 e. The van der Waals surface area contributed by atoms with Crippen LogP contribution in [0.25, 0.3) is 33.3 Å². The van der Waals surface area contributed by atoms with Gasteiger partial charge in [-0.2, -0.15) is 5.10 Å². The molecule has 0 bridgehead atoms. The number of nitrogen functional groups attached to an aromatic ring is 1. The van der Waals surface area contributed by atoms with Gasteiger partial charge in [0.2, 0.25) is 5.91 Å². The average molecular weight is 390 g/mol. The molecule has 3 N–H and O–H groups in total. The molecule has 0 unspecified atom stereocenters. The first kappa shape index (κ1) is 17.6. The van der Waals surface area contributed by atoms with Gasteiger partial charge in [-0.1, -0.05) is 6.92 Å². The number of amides is 1. The van der Waals surface area contributed by atoms with Gasteiger partial charge in [0.1, 0.15) is 23.5 Å². The zero-order valence-electron chi connectivity index (χ0n) is 16.2. The summed E-state index contributed by atoms with van der Waals surface area (Å²) < 4.78 is 1.92. The Morgan fingerprint density at radius 3 is 3.10 bits per heavy atom. The summed E-state index contributed by atoms with van der Waals surface area (Å²) in [5.74, 6) is 0.561. The number of H-pyrrole nitrogens is 1. The Kier molecular flexibility index (Phi) is 4.15. The molecule has 0 aromatic carbocycles. The van der Waals surface area contributed by atoms with Crippen molar-refractivity contribution in [1.29, 1.82) is 0 Å². The van der Waals surface area contributed by atoms with Crippen molar-refractivity contribution in [2.45, 2.75) is 32.2 Å². The van der Waals surface area contributed by atoms with Gasteiger partial charge in [-0.3, -0.25) is 4.79 Å². The second-order valence-electron chi connectivity index (χ2n) is 7.38. The molecule has 148 valence electrons. The van der Waals surface area contributed by atoms with Crippen LogP contribution in [0.2, 0.25) is 0 Å². The highest BCUT2D eigenvalue weighted by atomic mass is 16.2. The van der Waals surface area contributed by atoms with E-state index < -0.39 is 0 Å². The maximum atomic E-state index is 12.2. The SMILES string of the molecule is CCC(=O)N1CCC[C@@H](n2nc(-c3cnc4[nH]ccc4c3)c3c(N)ncnc32)C1. The third-order valence-electron chi connectivity index (χ3n) is 5.59. The summed E-state index contributed by atoms with van der Waals surface area (Å²) in [5, 5.41) is 6.62. The highest BCUT2D eigenvalue weighted by Crippen LogP contribution is 2.34. The third-order valence-corrected chi connectivity index (χ3v) is 5.59. The second kappa shape index (κ2) is 6.84.